The molecular weight excluding hydrogens is 354 g/mol. The molecule has 0 fully saturated rings. The van der Waals surface area contributed by atoms with Gasteiger partial charge in [-0.1, -0.05) is 23.2 Å². The number of halogens is 4. The van der Waals surface area contributed by atoms with Crippen LogP contribution < -0.4 is 0 Å². The van der Waals surface area contributed by atoms with E-state index >= 15 is 0 Å². The van der Waals surface area contributed by atoms with E-state index in [2.05, 4.69) is 15.9 Å². The molecule has 0 amide bonds. The second-order valence-electron chi connectivity index (χ2n) is 4.07. The molecule has 0 bridgehead atoms. The normalized spacial score (nSPS) is 10.6. The van der Waals surface area contributed by atoms with E-state index in [1.165, 1.54) is 18.2 Å². The molecule has 0 atom stereocenters. The third-order valence-corrected chi connectivity index (χ3v) is 4.06. The van der Waals surface area contributed by atoms with E-state index in [4.69, 9.17) is 23.2 Å². The van der Waals surface area contributed by atoms with Crippen molar-refractivity contribution in [3.05, 3.63) is 67.4 Å². The van der Waals surface area contributed by atoms with Crippen LogP contribution in [0.1, 0.15) is 21.5 Å². The fourth-order valence-corrected chi connectivity index (χ4v) is 2.48. The smallest absolute Gasteiger partial charge is 0.196 e. The molecule has 5 heteroatoms. The van der Waals surface area contributed by atoms with Gasteiger partial charge in [0.25, 0.3) is 0 Å². The number of rotatable bonds is 2. The third-order valence-electron chi connectivity index (χ3n) is 2.58. The average molecular weight is 362 g/mol. The Hall–Kier alpha value is -0.900. The van der Waals surface area contributed by atoms with Crippen LogP contribution >= 0.6 is 39.1 Å². The molecule has 0 aliphatic heterocycles. The lowest BCUT2D eigenvalue weighted by molar-refractivity contribution is 0.103. The Balaban J connectivity index is 2.53. The quantitative estimate of drug-likeness (QED) is 0.514. The summed E-state index contributed by atoms with van der Waals surface area (Å²) in [6, 6.07) is 7.82. The van der Waals surface area contributed by atoms with Crippen LogP contribution in [0.5, 0.6) is 0 Å². The van der Waals surface area contributed by atoms with Crippen LogP contribution in [0, 0.1) is 12.7 Å². The first-order chi connectivity index (χ1) is 8.90. The Bertz CT molecular complexity index is 650. The van der Waals surface area contributed by atoms with Crippen molar-refractivity contribution in [2.75, 3.05) is 0 Å². The van der Waals surface area contributed by atoms with Gasteiger partial charge in [-0.05, 0) is 58.7 Å². The summed E-state index contributed by atoms with van der Waals surface area (Å²) in [5.41, 5.74) is 1.09. The zero-order valence-electron chi connectivity index (χ0n) is 9.81. The first-order valence-electron chi connectivity index (χ1n) is 5.35. The van der Waals surface area contributed by atoms with Crippen molar-refractivity contribution in [1.82, 2.24) is 0 Å². The summed E-state index contributed by atoms with van der Waals surface area (Å²) < 4.78 is 14.4. The summed E-state index contributed by atoms with van der Waals surface area (Å²) in [7, 11) is 0. The van der Waals surface area contributed by atoms with E-state index in [0.29, 0.717) is 15.1 Å². The summed E-state index contributed by atoms with van der Waals surface area (Å²) in [4.78, 5) is 12.3. The zero-order valence-corrected chi connectivity index (χ0v) is 12.9. The summed E-state index contributed by atoms with van der Waals surface area (Å²) in [5.74, 6) is -1.18. The van der Waals surface area contributed by atoms with Crippen molar-refractivity contribution in [2.45, 2.75) is 6.92 Å². The molecule has 0 spiro atoms. The highest BCUT2D eigenvalue weighted by Crippen LogP contribution is 2.29. The monoisotopic (exact) mass is 360 g/mol. The molecule has 2 rings (SSSR count). The Morgan fingerprint density at radius 3 is 2.53 bits per heavy atom. The predicted octanol–water partition coefficient (Wildman–Crippen LogP) is 5.43. The molecule has 0 saturated heterocycles. The van der Waals surface area contributed by atoms with Gasteiger partial charge in [0, 0.05) is 15.1 Å². The van der Waals surface area contributed by atoms with Crippen molar-refractivity contribution in [1.29, 1.82) is 0 Å². The maximum absolute atomic E-state index is 14.0. The molecule has 0 N–H and O–H groups in total. The maximum atomic E-state index is 14.0. The molecule has 0 heterocycles. The van der Waals surface area contributed by atoms with Gasteiger partial charge in [-0.3, -0.25) is 4.79 Å². The highest BCUT2D eigenvalue weighted by Gasteiger charge is 2.18. The fourth-order valence-electron chi connectivity index (χ4n) is 1.72. The van der Waals surface area contributed by atoms with Gasteiger partial charge in [0.05, 0.1) is 10.6 Å². The van der Waals surface area contributed by atoms with E-state index in [-0.39, 0.29) is 10.6 Å². The summed E-state index contributed by atoms with van der Waals surface area (Å²) >= 11 is 14.8. The highest BCUT2D eigenvalue weighted by atomic mass is 79.9. The molecule has 19 heavy (non-hydrogen) atoms. The lowest BCUT2D eigenvalue weighted by Gasteiger charge is -2.07. The van der Waals surface area contributed by atoms with Gasteiger partial charge in [-0.25, -0.2) is 4.39 Å². The standard InChI is InChI=1S/C14H8BrCl2FO/c1-7-4-8(6-9(16)5-7)14(19)10-2-3-11(15)12(17)13(10)18/h2-6H,1H3. The summed E-state index contributed by atoms with van der Waals surface area (Å²) in [5, 5.41) is 0.330. The zero-order chi connectivity index (χ0) is 14.2. The van der Waals surface area contributed by atoms with Crippen LogP contribution in [0.15, 0.2) is 34.8 Å². The number of carbonyl (C=O) groups excluding carboxylic acids is 1. The van der Waals surface area contributed by atoms with Gasteiger partial charge in [-0.2, -0.15) is 0 Å². The first kappa shape index (κ1) is 14.5. The molecule has 0 saturated carbocycles. The Labute approximate surface area is 128 Å². The molecule has 98 valence electrons. The summed E-state index contributed by atoms with van der Waals surface area (Å²) in [6.45, 7) is 1.81. The largest absolute Gasteiger partial charge is 0.288 e. The van der Waals surface area contributed by atoms with Gasteiger partial charge in [0.15, 0.2) is 11.6 Å². The lowest BCUT2D eigenvalue weighted by atomic mass is 10.0. The highest BCUT2D eigenvalue weighted by molar-refractivity contribution is 9.10. The Morgan fingerprint density at radius 1 is 1.21 bits per heavy atom. The number of carbonyl (C=O) groups is 1. The third kappa shape index (κ3) is 2.99. The number of aryl methyl sites for hydroxylation is 1. The molecule has 0 radical (unpaired) electrons. The minimum Gasteiger partial charge on any atom is -0.288 e. The van der Waals surface area contributed by atoms with Crippen molar-refractivity contribution in [3.8, 4) is 0 Å². The van der Waals surface area contributed by atoms with Gasteiger partial charge < -0.3 is 0 Å². The molecule has 0 aliphatic carbocycles. The minimum absolute atomic E-state index is 0.0742. The van der Waals surface area contributed by atoms with Crippen molar-refractivity contribution >= 4 is 44.9 Å². The topological polar surface area (TPSA) is 17.1 Å². The van der Waals surface area contributed by atoms with E-state index in [1.807, 2.05) is 6.92 Å². The fraction of sp³-hybridized carbons (Fsp3) is 0.0714. The average Bonchev–Trinajstić information content (AvgIpc) is 2.34. The maximum Gasteiger partial charge on any atom is 0.196 e. The van der Waals surface area contributed by atoms with E-state index < -0.39 is 11.6 Å². The number of hydrogen-bond acceptors (Lipinski definition) is 1. The Kier molecular flexibility index (Phi) is 4.29. The van der Waals surface area contributed by atoms with Gasteiger partial charge in [0.1, 0.15) is 0 Å². The van der Waals surface area contributed by atoms with Gasteiger partial charge >= 0.3 is 0 Å². The van der Waals surface area contributed by atoms with Crippen molar-refractivity contribution in [2.24, 2.45) is 0 Å². The molecule has 0 aliphatic rings. The molecule has 2 aromatic rings. The van der Waals surface area contributed by atoms with Crippen LogP contribution in [0.25, 0.3) is 0 Å². The van der Waals surface area contributed by atoms with E-state index in [0.717, 1.165) is 5.56 Å². The van der Waals surface area contributed by atoms with Gasteiger partial charge in [0.2, 0.25) is 0 Å². The minimum atomic E-state index is -0.737. The van der Waals surface area contributed by atoms with Crippen LogP contribution in [0.2, 0.25) is 10.0 Å². The molecule has 2 aromatic carbocycles. The van der Waals surface area contributed by atoms with Crippen LogP contribution in [0.4, 0.5) is 4.39 Å². The Morgan fingerprint density at radius 2 is 1.89 bits per heavy atom. The van der Waals surface area contributed by atoms with Crippen molar-refractivity contribution < 1.29 is 9.18 Å². The predicted molar refractivity (Wildman–Crippen MR) is 78.7 cm³/mol. The van der Waals surface area contributed by atoms with Crippen molar-refractivity contribution in [3.63, 3.8) is 0 Å². The SMILES string of the molecule is Cc1cc(Cl)cc(C(=O)c2ccc(Br)c(Cl)c2F)c1. The molecular formula is C14H8BrCl2FO. The van der Waals surface area contributed by atoms with Crippen LogP contribution in [-0.2, 0) is 0 Å². The second-order valence-corrected chi connectivity index (χ2v) is 5.74. The van der Waals surface area contributed by atoms with Crippen LogP contribution in [0.3, 0.4) is 0 Å². The number of benzene rings is 2. The number of hydrogen-bond donors (Lipinski definition) is 0. The first-order valence-corrected chi connectivity index (χ1v) is 6.90. The van der Waals surface area contributed by atoms with Crippen LogP contribution in [-0.4, -0.2) is 5.78 Å². The molecule has 0 unspecified atom stereocenters. The lowest BCUT2D eigenvalue weighted by Crippen LogP contribution is -2.05. The molecule has 0 aromatic heterocycles. The van der Waals surface area contributed by atoms with Gasteiger partial charge in [-0.15, -0.1) is 0 Å². The number of ketones is 1. The van der Waals surface area contributed by atoms with E-state index in [9.17, 15) is 9.18 Å². The second kappa shape index (κ2) is 5.61. The van der Waals surface area contributed by atoms with E-state index in [1.54, 1.807) is 12.1 Å². The molecule has 1 nitrogen and oxygen atoms in total. The summed E-state index contributed by atoms with van der Waals surface area (Å²) in [6.07, 6.45) is 0.